The van der Waals surface area contributed by atoms with Crippen LogP contribution in [0.3, 0.4) is 0 Å². The predicted octanol–water partition coefficient (Wildman–Crippen LogP) is 2.50. The first kappa shape index (κ1) is 15.2. The number of aliphatic hydroxyl groups is 1. The van der Waals surface area contributed by atoms with Gasteiger partial charge in [0, 0.05) is 30.6 Å². The molecule has 0 fully saturated rings. The number of aliphatic hydroxyl groups excluding tert-OH is 1. The average Bonchev–Trinajstić information content (AvgIpc) is 2.54. The van der Waals surface area contributed by atoms with Crippen LogP contribution in [0.5, 0.6) is 0 Å². The van der Waals surface area contributed by atoms with E-state index in [0.29, 0.717) is 5.56 Å². The first-order chi connectivity index (χ1) is 10.1. The van der Waals surface area contributed by atoms with Gasteiger partial charge in [-0.25, -0.2) is 0 Å². The molecule has 0 saturated carbocycles. The number of pyridine rings is 1. The smallest absolute Gasteiger partial charge is 0.253 e. The molecule has 2 N–H and O–H groups in total. The Morgan fingerprint density at radius 1 is 1.19 bits per heavy atom. The van der Waals surface area contributed by atoms with E-state index < -0.39 is 0 Å². The molecule has 1 aromatic heterocycles. The number of benzene rings is 1. The molecule has 4 heteroatoms. The number of carbonyl (C=O) groups is 1. The quantitative estimate of drug-likeness (QED) is 0.886. The zero-order valence-electron chi connectivity index (χ0n) is 12.3. The highest BCUT2D eigenvalue weighted by Gasteiger charge is 2.15. The SMILES string of the molecule is CC(CO)C(C)NC(=O)c1cncc(-c2ccccc2)c1. The lowest BCUT2D eigenvalue weighted by Gasteiger charge is -2.19. The van der Waals surface area contributed by atoms with Crippen molar-refractivity contribution < 1.29 is 9.90 Å². The molecule has 4 nitrogen and oxygen atoms in total. The molecule has 2 unspecified atom stereocenters. The van der Waals surface area contributed by atoms with Gasteiger partial charge in [-0.15, -0.1) is 0 Å². The summed E-state index contributed by atoms with van der Waals surface area (Å²) in [6, 6.07) is 11.5. The van der Waals surface area contributed by atoms with Gasteiger partial charge in [-0.3, -0.25) is 9.78 Å². The lowest BCUT2D eigenvalue weighted by molar-refractivity contribution is 0.0916. The molecule has 1 heterocycles. The van der Waals surface area contributed by atoms with Crippen molar-refractivity contribution in [3.8, 4) is 11.1 Å². The van der Waals surface area contributed by atoms with E-state index >= 15 is 0 Å². The maximum absolute atomic E-state index is 12.2. The van der Waals surface area contributed by atoms with Gasteiger partial charge in [0.2, 0.25) is 0 Å². The molecule has 110 valence electrons. The summed E-state index contributed by atoms with van der Waals surface area (Å²) in [6.07, 6.45) is 3.30. The Kier molecular flexibility index (Phi) is 5.06. The van der Waals surface area contributed by atoms with Gasteiger partial charge < -0.3 is 10.4 Å². The normalized spacial score (nSPS) is 13.5. The van der Waals surface area contributed by atoms with E-state index in [1.54, 1.807) is 12.4 Å². The molecule has 2 atom stereocenters. The summed E-state index contributed by atoms with van der Waals surface area (Å²) >= 11 is 0. The highest BCUT2D eigenvalue weighted by atomic mass is 16.3. The van der Waals surface area contributed by atoms with Crippen molar-refractivity contribution in [2.24, 2.45) is 5.92 Å². The van der Waals surface area contributed by atoms with E-state index in [4.69, 9.17) is 5.11 Å². The molecule has 0 saturated heterocycles. The van der Waals surface area contributed by atoms with Crippen molar-refractivity contribution in [2.45, 2.75) is 19.9 Å². The zero-order chi connectivity index (χ0) is 15.2. The van der Waals surface area contributed by atoms with E-state index in [-0.39, 0.29) is 24.5 Å². The minimum atomic E-state index is -0.173. The van der Waals surface area contributed by atoms with Crippen molar-refractivity contribution in [2.75, 3.05) is 6.61 Å². The standard InChI is InChI=1S/C17H20N2O2/c1-12(11-20)13(2)19-17(21)16-8-15(9-18-10-16)14-6-4-3-5-7-14/h3-10,12-13,20H,11H2,1-2H3,(H,19,21). The van der Waals surface area contributed by atoms with Crippen LogP contribution in [0.2, 0.25) is 0 Å². The van der Waals surface area contributed by atoms with Crippen LogP contribution in [0, 0.1) is 5.92 Å². The second kappa shape index (κ2) is 6.99. The first-order valence-electron chi connectivity index (χ1n) is 7.04. The Morgan fingerprint density at radius 3 is 2.57 bits per heavy atom. The zero-order valence-corrected chi connectivity index (χ0v) is 12.3. The van der Waals surface area contributed by atoms with Gasteiger partial charge in [0.15, 0.2) is 0 Å². The fraction of sp³-hybridized carbons (Fsp3) is 0.294. The van der Waals surface area contributed by atoms with Gasteiger partial charge in [0.25, 0.3) is 5.91 Å². The number of aromatic nitrogens is 1. The van der Waals surface area contributed by atoms with Crippen LogP contribution >= 0.6 is 0 Å². The molecular formula is C17H20N2O2. The van der Waals surface area contributed by atoms with Crippen molar-refractivity contribution in [1.82, 2.24) is 10.3 Å². The highest BCUT2D eigenvalue weighted by Crippen LogP contribution is 2.18. The number of nitrogens with zero attached hydrogens (tertiary/aromatic N) is 1. The number of amides is 1. The summed E-state index contributed by atoms with van der Waals surface area (Å²) in [6.45, 7) is 3.82. The van der Waals surface area contributed by atoms with Crippen molar-refractivity contribution in [1.29, 1.82) is 0 Å². The number of nitrogens with one attached hydrogen (secondary N) is 1. The van der Waals surface area contributed by atoms with Crippen LogP contribution in [0.25, 0.3) is 11.1 Å². The second-order valence-corrected chi connectivity index (χ2v) is 5.25. The summed E-state index contributed by atoms with van der Waals surface area (Å²) in [5, 5.41) is 12.0. The van der Waals surface area contributed by atoms with Gasteiger partial charge in [0.05, 0.1) is 5.56 Å². The lowest BCUT2D eigenvalue weighted by Crippen LogP contribution is -2.38. The third kappa shape index (κ3) is 3.89. The van der Waals surface area contributed by atoms with Crippen LogP contribution in [-0.4, -0.2) is 28.6 Å². The van der Waals surface area contributed by atoms with Crippen LogP contribution in [-0.2, 0) is 0 Å². The molecule has 21 heavy (non-hydrogen) atoms. The number of rotatable bonds is 5. The second-order valence-electron chi connectivity index (χ2n) is 5.25. The number of hydrogen-bond donors (Lipinski definition) is 2. The molecule has 0 bridgehead atoms. The third-order valence-electron chi connectivity index (χ3n) is 3.61. The largest absolute Gasteiger partial charge is 0.396 e. The predicted molar refractivity (Wildman–Crippen MR) is 82.9 cm³/mol. The molecule has 2 aromatic rings. The van der Waals surface area contributed by atoms with Crippen LogP contribution in [0.1, 0.15) is 24.2 Å². The summed E-state index contributed by atoms with van der Waals surface area (Å²) in [5.41, 5.74) is 2.45. The lowest BCUT2D eigenvalue weighted by atomic mass is 10.0. The van der Waals surface area contributed by atoms with Gasteiger partial charge in [-0.1, -0.05) is 37.3 Å². The Hall–Kier alpha value is -2.20. The summed E-state index contributed by atoms with van der Waals surface area (Å²) in [5.74, 6) is -0.160. The maximum Gasteiger partial charge on any atom is 0.253 e. The number of carbonyl (C=O) groups excluding carboxylic acids is 1. The molecule has 2 rings (SSSR count). The molecule has 0 aliphatic carbocycles. The van der Waals surface area contributed by atoms with E-state index in [2.05, 4.69) is 10.3 Å². The Morgan fingerprint density at radius 2 is 1.90 bits per heavy atom. The summed E-state index contributed by atoms with van der Waals surface area (Å²) in [7, 11) is 0. The van der Waals surface area contributed by atoms with Gasteiger partial charge >= 0.3 is 0 Å². The van der Waals surface area contributed by atoms with E-state index in [0.717, 1.165) is 11.1 Å². The van der Waals surface area contributed by atoms with Gasteiger partial charge in [-0.2, -0.15) is 0 Å². The summed E-state index contributed by atoms with van der Waals surface area (Å²) in [4.78, 5) is 16.4. The maximum atomic E-state index is 12.2. The minimum absolute atomic E-state index is 0.0132. The molecule has 1 amide bonds. The van der Waals surface area contributed by atoms with Crippen LogP contribution in [0.15, 0.2) is 48.8 Å². The fourth-order valence-corrected chi connectivity index (χ4v) is 1.94. The van der Waals surface area contributed by atoms with Crippen molar-refractivity contribution in [3.05, 3.63) is 54.4 Å². The molecule has 0 aliphatic rings. The van der Waals surface area contributed by atoms with Gasteiger partial charge in [0.1, 0.15) is 0 Å². The van der Waals surface area contributed by atoms with Crippen molar-refractivity contribution in [3.63, 3.8) is 0 Å². The Labute approximate surface area is 124 Å². The topological polar surface area (TPSA) is 62.2 Å². The molecule has 1 aromatic carbocycles. The molecule has 0 radical (unpaired) electrons. The van der Waals surface area contributed by atoms with Crippen molar-refractivity contribution >= 4 is 5.91 Å². The Bertz CT molecular complexity index is 599. The minimum Gasteiger partial charge on any atom is -0.396 e. The summed E-state index contributed by atoms with van der Waals surface area (Å²) < 4.78 is 0. The third-order valence-corrected chi connectivity index (χ3v) is 3.61. The van der Waals surface area contributed by atoms with E-state index in [1.807, 2.05) is 50.2 Å². The van der Waals surface area contributed by atoms with E-state index in [1.165, 1.54) is 0 Å². The monoisotopic (exact) mass is 284 g/mol. The average molecular weight is 284 g/mol. The van der Waals surface area contributed by atoms with Gasteiger partial charge in [-0.05, 0) is 24.5 Å². The van der Waals surface area contributed by atoms with E-state index in [9.17, 15) is 4.79 Å². The molecular weight excluding hydrogens is 264 g/mol. The molecule has 0 spiro atoms. The first-order valence-corrected chi connectivity index (χ1v) is 7.04. The Balaban J connectivity index is 2.16. The number of hydrogen-bond acceptors (Lipinski definition) is 3. The highest BCUT2D eigenvalue weighted by molar-refractivity contribution is 5.95. The molecule has 0 aliphatic heterocycles. The van der Waals surface area contributed by atoms with Crippen LogP contribution in [0.4, 0.5) is 0 Å². The fourth-order valence-electron chi connectivity index (χ4n) is 1.94. The van der Waals surface area contributed by atoms with Crippen LogP contribution < -0.4 is 5.32 Å².